The molecule has 0 unspecified atom stereocenters. The van der Waals surface area contributed by atoms with Crippen LogP contribution in [0.25, 0.3) is 21.3 Å². The van der Waals surface area contributed by atoms with Crippen molar-refractivity contribution in [2.75, 3.05) is 32.9 Å². The van der Waals surface area contributed by atoms with Gasteiger partial charge in [-0.25, -0.2) is 18.2 Å². The van der Waals surface area contributed by atoms with Gasteiger partial charge in [-0.05, 0) is 81.5 Å². The van der Waals surface area contributed by atoms with Gasteiger partial charge in [0.2, 0.25) is 17.7 Å². The Kier molecular flexibility index (Phi) is 15.5. The molecule has 5 aromatic rings. The zero-order valence-electron chi connectivity index (χ0n) is 39.4. The van der Waals surface area contributed by atoms with E-state index in [4.69, 9.17) is 9.47 Å². The highest BCUT2D eigenvalue weighted by Crippen LogP contribution is 2.44. The molecule has 12 nitrogen and oxygen atoms in total. The van der Waals surface area contributed by atoms with Gasteiger partial charge in [0, 0.05) is 73.0 Å². The Morgan fingerprint density at radius 2 is 1.70 bits per heavy atom. The standard InChI is InChI=1S/C51H63F3N6O6S/c1-30-21-37-36-13-9-10-14-40(36)57-44(37)45(60(30)28-51(6,7)54)43-38(52)23-35(24-39(43)53)66-20-12-8-11-19-65-27-42(62)58-47(50(3,4)5)49(64)59-26-34(61)22-41(59)48(63)55-25-32-15-17-33(18-16-32)46-31(2)56-29-67-46/h9-10,13-18,23-24,29-30,34,41,45,47,57,61H,8,11-12,19-22,25-28H2,1-7H3,(H,55,63)(H,58,62)/t30-,34-,41+,45-,47-/m1/s1. The van der Waals surface area contributed by atoms with Crippen LogP contribution in [0.1, 0.15) is 101 Å². The molecule has 4 N–H and O–H groups in total. The number of carbonyl (C=O) groups is 3. The molecule has 0 saturated carbocycles. The number of aliphatic hydroxyl groups is 1. The number of aliphatic hydroxyl groups excluding tert-OH is 1. The fourth-order valence-corrected chi connectivity index (χ4v) is 10.0. The molecule has 67 heavy (non-hydrogen) atoms. The van der Waals surface area contributed by atoms with Crippen LogP contribution in [0.2, 0.25) is 0 Å². The molecule has 2 aromatic heterocycles. The number of benzene rings is 3. The van der Waals surface area contributed by atoms with E-state index in [1.807, 2.05) is 88.0 Å². The van der Waals surface area contributed by atoms with Crippen molar-refractivity contribution in [3.8, 4) is 16.2 Å². The van der Waals surface area contributed by atoms with E-state index < -0.39 is 64.7 Å². The van der Waals surface area contributed by atoms with Crippen LogP contribution in [0.4, 0.5) is 13.2 Å². The number of halogens is 3. The molecule has 1 saturated heterocycles. The van der Waals surface area contributed by atoms with Crippen molar-refractivity contribution in [1.82, 2.24) is 30.4 Å². The zero-order valence-corrected chi connectivity index (χ0v) is 40.2. The maximum atomic E-state index is 16.1. The number of para-hydroxylation sites is 1. The second-order valence-electron chi connectivity index (χ2n) is 19.6. The molecule has 360 valence electrons. The van der Waals surface area contributed by atoms with E-state index in [9.17, 15) is 19.5 Å². The number of H-pyrrole nitrogens is 1. The number of ether oxygens (including phenoxy) is 2. The van der Waals surface area contributed by atoms with Gasteiger partial charge in [-0.1, -0.05) is 63.2 Å². The lowest BCUT2D eigenvalue weighted by Gasteiger charge is -2.43. The summed E-state index contributed by atoms with van der Waals surface area (Å²) in [5.41, 5.74) is 4.67. The lowest BCUT2D eigenvalue weighted by molar-refractivity contribution is -0.144. The first-order chi connectivity index (χ1) is 31.8. The minimum atomic E-state index is -1.61. The van der Waals surface area contributed by atoms with Crippen LogP contribution in [0.15, 0.2) is 66.2 Å². The van der Waals surface area contributed by atoms with Gasteiger partial charge in [0.05, 0.1) is 34.8 Å². The number of carbonyl (C=O) groups excluding carboxylic acids is 3. The highest BCUT2D eigenvalue weighted by molar-refractivity contribution is 7.13. The number of hydrogen-bond donors (Lipinski definition) is 4. The molecule has 3 aromatic carbocycles. The summed E-state index contributed by atoms with van der Waals surface area (Å²) in [6, 6.07) is 15.0. The highest BCUT2D eigenvalue weighted by Gasteiger charge is 2.45. The SMILES string of the molecule is Cc1ncsc1-c1ccc(CNC(=O)[C@@H]2C[C@@H](O)CN2C(=O)[C@@H](NC(=O)COCCCCCOc2cc(F)c([C@@H]3c4[nH]c5ccccc5c4C[C@@H](C)N3CC(C)(C)F)c(F)c2)C(C)(C)C)cc1. The van der Waals surface area contributed by atoms with E-state index in [0.29, 0.717) is 31.4 Å². The summed E-state index contributed by atoms with van der Waals surface area (Å²) in [4.78, 5) is 52.5. The summed E-state index contributed by atoms with van der Waals surface area (Å²) in [6.45, 7) is 12.6. The molecule has 1 fully saturated rings. The number of likely N-dealkylation sites (tertiary alicyclic amines) is 1. The van der Waals surface area contributed by atoms with Crippen molar-refractivity contribution in [2.45, 2.75) is 123 Å². The summed E-state index contributed by atoms with van der Waals surface area (Å²) >= 11 is 1.56. The minimum absolute atomic E-state index is 0.0182. The summed E-state index contributed by atoms with van der Waals surface area (Å²) in [7, 11) is 0. The Hall–Kier alpha value is -5.29. The summed E-state index contributed by atoms with van der Waals surface area (Å²) < 4.78 is 58.7. The Morgan fingerprint density at radius 1 is 1.00 bits per heavy atom. The van der Waals surface area contributed by atoms with E-state index in [0.717, 1.165) is 38.2 Å². The number of alkyl halides is 1. The molecule has 5 atom stereocenters. The quantitative estimate of drug-likeness (QED) is 0.0642. The maximum absolute atomic E-state index is 16.1. The Morgan fingerprint density at radius 3 is 2.37 bits per heavy atom. The molecule has 4 heterocycles. The predicted molar refractivity (Wildman–Crippen MR) is 253 cm³/mol. The van der Waals surface area contributed by atoms with E-state index in [1.165, 1.54) is 30.9 Å². The molecular weight excluding hydrogens is 882 g/mol. The van der Waals surface area contributed by atoms with E-state index in [2.05, 4.69) is 20.6 Å². The molecule has 2 aliphatic heterocycles. The van der Waals surface area contributed by atoms with Gasteiger partial charge >= 0.3 is 0 Å². The third-order valence-corrected chi connectivity index (χ3v) is 13.5. The number of rotatable bonds is 18. The number of fused-ring (bicyclic) bond motifs is 3. The van der Waals surface area contributed by atoms with E-state index in [-0.39, 0.29) is 63.2 Å². The summed E-state index contributed by atoms with van der Waals surface area (Å²) in [6.07, 6.45) is 1.56. The van der Waals surface area contributed by atoms with Crippen molar-refractivity contribution >= 4 is 40.0 Å². The lowest BCUT2D eigenvalue weighted by atomic mass is 9.85. The van der Waals surface area contributed by atoms with Gasteiger partial charge in [0.1, 0.15) is 41.7 Å². The first-order valence-corrected chi connectivity index (χ1v) is 24.0. The molecule has 0 radical (unpaired) electrons. The molecule has 2 aliphatic rings. The third-order valence-electron chi connectivity index (χ3n) is 12.5. The fraction of sp³-hybridized carbons (Fsp3) is 0.490. The molecule has 0 aliphatic carbocycles. The number of aromatic nitrogens is 2. The van der Waals surface area contributed by atoms with Crippen molar-refractivity contribution in [3.63, 3.8) is 0 Å². The number of nitrogens with zero attached hydrogens (tertiary/aromatic N) is 3. The van der Waals surface area contributed by atoms with Crippen molar-refractivity contribution in [3.05, 3.63) is 106 Å². The topological polar surface area (TPSA) is 149 Å². The van der Waals surface area contributed by atoms with Gasteiger partial charge in [-0.3, -0.25) is 19.3 Å². The Balaban J connectivity index is 0.865. The van der Waals surface area contributed by atoms with Gasteiger partial charge < -0.3 is 35.1 Å². The number of amides is 3. The van der Waals surface area contributed by atoms with Crippen molar-refractivity contribution < 1.29 is 42.1 Å². The van der Waals surface area contributed by atoms with E-state index >= 15 is 13.2 Å². The highest BCUT2D eigenvalue weighted by atomic mass is 32.1. The molecule has 0 bridgehead atoms. The van der Waals surface area contributed by atoms with Gasteiger partial charge in [0.15, 0.2) is 0 Å². The monoisotopic (exact) mass is 944 g/mol. The molecule has 16 heteroatoms. The second-order valence-corrected chi connectivity index (χ2v) is 20.5. The fourth-order valence-electron chi connectivity index (χ4n) is 9.23. The number of aromatic amines is 1. The van der Waals surface area contributed by atoms with Crippen LogP contribution in [0, 0.1) is 24.0 Å². The molecule has 7 rings (SSSR count). The van der Waals surface area contributed by atoms with Crippen LogP contribution >= 0.6 is 11.3 Å². The predicted octanol–water partition coefficient (Wildman–Crippen LogP) is 8.34. The first-order valence-electron chi connectivity index (χ1n) is 23.1. The van der Waals surface area contributed by atoms with Crippen LogP contribution in [-0.2, 0) is 32.1 Å². The molecule has 3 amide bonds. The number of β-amino-alcohol motifs (C(OH)–C–C–N with tert-alkyl or cyclic N) is 1. The van der Waals surface area contributed by atoms with Crippen LogP contribution in [0.5, 0.6) is 5.75 Å². The average molecular weight is 945 g/mol. The number of hydrogen-bond acceptors (Lipinski definition) is 9. The van der Waals surface area contributed by atoms with Crippen molar-refractivity contribution in [1.29, 1.82) is 0 Å². The van der Waals surface area contributed by atoms with Crippen LogP contribution in [0.3, 0.4) is 0 Å². The zero-order chi connectivity index (χ0) is 48.2. The number of unbranched alkanes of at least 4 members (excludes halogenated alkanes) is 2. The third kappa shape index (κ3) is 11.9. The van der Waals surface area contributed by atoms with Gasteiger partial charge in [0.25, 0.3) is 0 Å². The number of aryl methyl sites for hydroxylation is 1. The average Bonchev–Trinajstić information content (AvgIpc) is 3.99. The normalized spacial score (nSPS) is 19.4. The Bertz CT molecular complexity index is 2510. The van der Waals surface area contributed by atoms with Crippen LogP contribution in [-0.4, -0.2) is 105 Å². The maximum Gasteiger partial charge on any atom is 0.246 e. The first kappa shape index (κ1) is 49.6. The number of thiazole rings is 1. The second kappa shape index (κ2) is 20.9. The molecule has 0 spiro atoms. The largest absolute Gasteiger partial charge is 0.493 e. The summed E-state index contributed by atoms with van der Waals surface area (Å²) in [5, 5.41) is 17.3. The van der Waals surface area contributed by atoms with E-state index in [1.54, 1.807) is 16.8 Å². The smallest absolute Gasteiger partial charge is 0.246 e. The lowest BCUT2D eigenvalue weighted by Crippen LogP contribution is -2.58. The molecular formula is C51H63F3N6O6S. The summed E-state index contributed by atoms with van der Waals surface area (Å²) in [5.74, 6) is -2.86. The minimum Gasteiger partial charge on any atom is -0.493 e. The van der Waals surface area contributed by atoms with Crippen molar-refractivity contribution in [2.24, 2.45) is 5.41 Å². The Labute approximate surface area is 394 Å². The number of nitrogens with one attached hydrogen (secondary N) is 3. The van der Waals surface area contributed by atoms with Gasteiger partial charge in [-0.15, -0.1) is 11.3 Å². The van der Waals surface area contributed by atoms with Gasteiger partial charge in [-0.2, -0.15) is 0 Å². The van der Waals surface area contributed by atoms with Crippen LogP contribution < -0.4 is 15.4 Å².